The van der Waals surface area contributed by atoms with Gasteiger partial charge in [0.15, 0.2) is 0 Å². The molecule has 1 N–H and O–H groups in total. The molecule has 1 saturated carbocycles. The first-order valence-corrected chi connectivity index (χ1v) is 5.67. The van der Waals surface area contributed by atoms with Crippen LogP contribution < -0.4 is 5.32 Å². The molecule has 1 heteroatoms. The number of rotatable bonds is 2. The Morgan fingerprint density at radius 3 is 2.64 bits per heavy atom. The Morgan fingerprint density at radius 2 is 2.14 bits per heavy atom. The van der Waals surface area contributed by atoms with E-state index in [1.807, 2.05) is 0 Å². The van der Waals surface area contributed by atoms with E-state index in [9.17, 15) is 0 Å². The number of nitrogens with one attached hydrogen (secondary N) is 1. The van der Waals surface area contributed by atoms with Crippen molar-refractivity contribution < 1.29 is 0 Å². The second kappa shape index (κ2) is 4.36. The monoisotopic (exact) mass is 193 g/mol. The topological polar surface area (TPSA) is 12.0 Å². The highest BCUT2D eigenvalue weighted by molar-refractivity contribution is 4.99. The first kappa shape index (κ1) is 11.6. The summed E-state index contributed by atoms with van der Waals surface area (Å²) >= 11 is 0. The van der Waals surface area contributed by atoms with Gasteiger partial charge < -0.3 is 5.32 Å². The minimum atomic E-state index is 0.212. The molecule has 0 radical (unpaired) electrons. The summed E-state index contributed by atoms with van der Waals surface area (Å²) in [5.74, 6) is 3.49. The van der Waals surface area contributed by atoms with Crippen molar-refractivity contribution in [2.45, 2.75) is 59.0 Å². The van der Waals surface area contributed by atoms with E-state index < -0.39 is 0 Å². The van der Waals surface area contributed by atoms with Crippen molar-refractivity contribution >= 4 is 0 Å². The minimum Gasteiger partial charge on any atom is -0.301 e. The second-order valence-electron chi connectivity index (χ2n) is 5.55. The fourth-order valence-corrected chi connectivity index (χ4v) is 2.56. The first-order chi connectivity index (χ1) is 6.44. The largest absolute Gasteiger partial charge is 0.301 e. The number of terminal acetylenes is 1. The minimum absolute atomic E-state index is 0.212. The smallest absolute Gasteiger partial charge is 0.0660 e. The summed E-state index contributed by atoms with van der Waals surface area (Å²) in [5.41, 5.74) is 0.525. The Balaban J connectivity index is 2.47. The van der Waals surface area contributed by atoms with Gasteiger partial charge >= 0.3 is 0 Å². The quantitative estimate of drug-likeness (QED) is 0.665. The van der Waals surface area contributed by atoms with Gasteiger partial charge in [-0.2, -0.15) is 0 Å². The maximum absolute atomic E-state index is 5.38. The highest BCUT2D eigenvalue weighted by Crippen LogP contribution is 2.38. The highest BCUT2D eigenvalue weighted by Gasteiger charge is 2.32. The van der Waals surface area contributed by atoms with E-state index in [1.54, 1.807) is 0 Å². The maximum atomic E-state index is 5.38. The summed E-state index contributed by atoms with van der Waals surface area (Å²) in [7, 11) is 0. The van der Waals surface area contributed by atoms with Crippen molar-refractivity contribution in [1.29, 1.82) is 0 Å². The molecule has 0 bridgehead atoms. The van der Waals surface area contributed by atoms with Crippen molar-refractivity contribution in [1.82, 2.24) is 5.32 Å². The zero-order valence-corrected chi connectivity index (χ0v) is 9.93. The van der Waals surface area contributed by atoms with Crippen LogP contribution in [0.2, 0.25) is 0 Å². The molecule has 1 aliphatic carbocycles. The van der Waals surface area contributed by atoms with Crippen molar-refractivity contribution in [2.75, 3.05) is 0 Å². The van der Waals surface area contributed by atoms with Gasteiger partial charge in [0.05, 0.1) is 6.04 Å². The lowest BCUT2D eigenvalue weighted by molar-refractivity contribution is 0.146. The average Bonchev–Trinajstić information content (AvgIpc) is 2.09. The van der Waals surface area contributed by atoms with E-state index in [1.165, 1.54) is 19.3 Å². The molecule has 0 aromatic heterocycles. The van der Waals surface area contributed by atoms with E-state index in [0.29, 0.717) is 11.5 Å². The van der Waals surface area contributed by atoms with Crippen LogP contribution in [0.1, 0.15) is 47.0 Å². The van der Waals surface area contributed by atoms with Crippen LogP contribution in [0.25, 0.3) is 0 Å². The molecular weight excluding hydrogens is 170 g/mol. The lowest BCUT2D eigenvalue weighted by atomic mass is 9.70. The molecule has 14 heavy (non-hydrogen) atoms. The Labute approximate surface area is 88.7 Å². The Morgan fingerprint density at radius 1 is 1.50 bits per heavy atom. The lowest BCUT2D eigenvalue weighted by Crippen LogP contribution is -2.44. The molecule has 1 aliphatic rings. The van der Waals surface area contributed by atoms with Crippen LogP contribution in [0.3, 0.4) is 0 Å². The van der Waals surface area contributed by atoms with Gasteiger partial charge in [-0.1, -0.05) is 26.7 Å². The summed E-state index contributed by atoms with van der Waals surface area (Å²) in [4.78, 5) is 0. The fraction of sp³-hybridized carbons (Fsp3) is 0.846. The normalized spacial score (nSPS) is 33.4. The van der Waals surface area contributed by atoms with Crippen molar-refractivity contribution in [3.8, 4) is 12.3 Å². The molecule has 3 unspecified atom stereocenters. The lowest BCUT2D eigenvalue weighted by Gasteiger charge is -2.40. The Hall–Kier alpha value is -0.480. The fourth-order valence-electron chi connectivity index (χ4n) is 2.56. The molecule has 1 rings (SSSR count). The van der Waals surface area contributed by atoms with E-state index in [0.717, 1.165) is 5.92 Å². The average molecular weight is 193 g/mol. The van der Waals surface area contributed by atoms with Gasteiger partial charge in [0.25, 0.3) is 0 Å². The third-order valence-electron chi connectivity index (χ3n) is 3.41. The Bertz CT molecular complexity index is 224. The van der Waals surface area contributed by atoms with Crippen LogP contribution in [0.5, 0.6) is 0 Å². The van der Waals surface area contributed by atoms with Crippen LogP contribution >= 0.6 is 0 Å². The zero-order valence-electron chi connectivity index (χ0n) is 9.93. The molecule has 0 amide bonds. The molecule has 0 spiro atoms. The molecule has 80 valence electrons. The summed E-state index contributed by atoms with van der Waals surface area (Å²) in [6.45, 7) is 9.13. The van der Waals surface area contributed by atoms with Crippen molar-refractivity contribution in [3.63, 3.8) is 0 Å². The number of hydrogen-bond donors (Lipinski definition) is 1. The molecule has 0 aliphatic heterocycles. The van der Waals surface area contributed by atoms with Gasteiger partial charge in [-0.15, -0.1) is 6.42 Å². The first-order valence-electron chi connectivity index (χ1n) is 5.67. The molecule has 0 aromatic carbocycles. The molecule has 1 fully saturated rings. The van der Waals surface area contributed by atoms with Crippen LogP contribution in [-0.2, 0) is 0 Å². The van der Waals surface area contributed by atoms with Crippen LogP contribution in [-0.4, -0.2) is 12.1 Å². The molecule has 0 aromatic rings. The predicted molar refractivity (Wildman–Crippen MR) is 62.0 cm³/mol. The molecule has 1 nitrogen and oxygen atoms in total. The van der Waals surface area contributed by atoms with Gasteiger partial charge in [-0.25, -0.2) is 0 Å². The SMILES string of the molecule is C#CC(C)NC1CCC(C)(C)CC1C. The number of hydrogen-bond acceptors (Lipinski definition) is 1. The van der Waals surface area contributed by atoms with Crippen LogP contribution in [0, 0.1) is 23.7 Å². The molecule has 0 heterocycles. The van der Waals surface area contributed by atoms with Crippen molar-refractivity contribution in [2.24, 2.45) is 11.3 Å². The van der Waals surface area contributed by atoms with E-state index in [-0.39, 0.29) is 6.04 Å². The molecule has 0 saturated heterocycles. The highest BCUT2D eigenvalue weighted by atomic mass is 14.9. The Kier molecular flexibility index (Phi) is 3.61. The standard InChI is InChI=1S/C13H23N/c1-6-11(3)14-12-7-8-13(4,5)9-10(12)2/h1,10-12,14H,7-9H2,2-5H3. The second-order valence-corrected chi connectivity index (χ2v) is 5.55. The van der Waals surface area contributed by atoms with Crippen LogP contribution in [0.4, 0.5) is 0 Å². The van der Waals surface area contributed by atoms with E-state index >= 15 is 0 Å². The van der Waals surface area contributed by atoms with Gasteiger partial charge in [-0.3, -0.25) is 0 Å². The zero-order chi connectivity index (χ0) is 10.8. The summed E-state index contributed by atoms with van der Waals surface area (Å²) in [6.07, 6.45) is 9.26. The van der Waals surface area contributed by atoms with Gasteiger partial charge in [-0.05, 0) is 37.5 Å². The van der Waals surface area contributed by atoms with Crippen LogP contribution in [0.15, 0.2) is 0 Å². The predicted octanol–water partition coefficient (Wildman–Crippen LogP) is 2.81. The molecule has 3 atom stereocenters. The third kappa shape index (κ3) is 3.03. The third-order valence-corrected chi connectivity index (χ3v) is 3.41. The van der Waals surface area contributed by atoms with Gasteiger partial charge in [0.2, 0.25) is 0 Å². The van der Waals surface area contributed by atoms with E-state index in [2.05, 4.69) is 38.9 Å². The summed E-state index contributed by atoms with van der Waals surface area (Å²) in [5, 5.41) is 3.52. The maximum Gasteiger partial charge on any atom is 0.0660 e. The molecular formula is C13H23N. The van der Waals surface area contributed by atoms with E-state index in [4.69, 9.17) is 6.42 Å². The summed E-state index contributed by atoms with van der Waals surface area (Å²) < 4.78 is 0. The van der Waals surface area contributed by atoms with Gasteiger partial charge in [0.1, 0.15) is 0 Å². The van der Waals surface area contributed by atoms with Crippen molar-refractivity contribution in [3.05, 3.63) is 0 Å². The van der Waals surface area contributed by atoms with Gasteiger partial charge in [0, 0.05) is 6.04 Å². The summed E-state index contributed by atoms with van der Waals surface area (Å²) in [6, 6.07) is 0.831.